The summed E-state index contributed by atoms with van der Waals surface area (Å²) in [5, 5.41) is 10.0. The highest BCUT2D eigenvalue weighted by Gasteiger charge is 2.08. The van der Waals surface area contributed by atoms with Crippen molar-refractivity contribution in [3.63, 3.8) is 0 Å². The molecule has 28 heavy (non-hydrogen) atoms. The number of hydrogen-bond acceptors (Lipinski definition) is 3. The molecule has 2 aromatic carbocycles. The van der Waals surface area contributed by atoms with Gasteiger partial charge in [0.1, 0.15) is 0 Å². The summed E-state index contributed by atoms with van der Waals surface area (Å²) < 4.78 is 0. The maximum atomic E-state index is 11.7. The van der Waals surface area contributed by atoms with E-state index in [9.17, 15) is 4.79 Å². The van der Waals surface area contributed by atoms with Crippen molar-refractivity contribution in [3.8, 4) is 0 Å². The van der Waals surface area contributed by atoms with Gasteiger partial charge < -0.3 is 16.0 Å². The second kappa shape index (κ2) is 11.4. The smallest absolute Gasteiger partial charge is 0.226 e. The highest BCUT2D eigenvalue weighted by atomic mass is 32.2. The molecule has 0 heterocycles. The maximum Gasteiger partial charge on any atom is 0.226 e. The van der Waals surface area contributed by atoms with Gasteiger partial charge in [0.25, 0.3) is 0 Å². The van der Waals surface area contributed by atoms with E-state index in [1.807, 2.05) is 55.9 Å². The average Bonchev–Trinajstić information content (AvgIpc) is 2.70. The van der Waals surface area contributed by atoms with Gasteiger partial charge in [-0.25, -0.2) is 0 Å². The average molecular weight is 399 g/mol. The number of aliphatic imine (C=N–C) groups is 1. The molecule has 0 radical (unpaired) electrons. The van der Waals surface area contributed by atoms with Crippen molar-refractivity contribution in [2.45, 2.75) is 37.5 Å². The van der Waals surface area contributed by atoms with Crippen LogP contribution < -0.4 is 16.0 Å². The van der Waals surface area contributed by atoms with Crippen LogP contribution in [-0.2, 0) is 11.3 Å². The minimum Gasteiger partial charge on any atom is -0.355 e. The lowest BCUT2D eigenvalue weighted by Gasteiger charge is -2.16. The van der Waals surface area contributed by atoms with E-state index >= 15 is 0 Å². The first-order chi connectivity index (χ1) is 13.5. The third-order valence-electron chi connectivity index (χ3n) is 4.07. The van der Waals surface area contributed by atoms with E-state index in [1.165, 1.54) is 4.90 Å². The summed E-state index contributed by atoms with van der Waals surface area (Å²) in [5.41, 5.74) is 1.94. The van der Waals surface area contributed by atoms with Crippen LogP contribution in [0.25, 0.3) is 0 Å². The van der Waals surface area contributed by atoms with Crippen LogP contribution in [0, 0.1) is 5.92 Å². The molecule has 0 aromatic heterocycles. The number of rotatable bonds is 8. The van der Waals surface area contributed by atoms with Gasteiger partial charge in [0, 0.05) is 41.9 Å². The number of thioether (sulfide) groups is 1. The lowest BCUT2D eigenvalue weighted by molar-refractivity contribution is -0.118. The number of benzene rings is 2. The van der Waals surface area contributed by atoms with E-state index in [2.05, 4.69) is 52.1 Å². The van der Waals surface area contributed by atoms with Crippen molar-refractivity contribution < 1.29 is 4.79 Å². The molecule has 2 aromatic rings. The summed E-state index contributed by atoms with van der Waals surface area (Å²) in [6.07, 6.45) is 0. The number of carbonyl (C=O) groups is 1. The zero-order valence-corrected chi connectivity index (χ0v) is 17.8. The Morgan fingerprint density at radius 3 is 2.29 bits per heavy atom. The van der Waals surface area contributed by atoms with Crippen LogP contribution in [0.3, 0.4) is 0 Å². The van der Waals surface area contributed by atoms with E-state index < -0.39 is 0 Å². The summed E-state index contributed by atoms with van der Waals surface area (Å²) in [7, 11) is 1.77. The molecular formula is C22H30N4OS. The fourth-order valence-electron chi connectivity index (χ4n) is 2.41. The molecule has 0 aliphatic rings. The summed E-state index contributed by atoms with van der Waals surface area (Å²) in [4.78, 5) is 17.3. The molecule has 0 bridgehead atoms. The van der Waals surface area contributed by atoms with Crippen molar-refractivity contribution in [1.82, 2.24) is 10.6 Å². The zero-order chi connectivity index (χ0) is 20.4. The molecule has 6 heteroatoms. The minimum absolute atomic E-state index is 0.0259. The lowest BCUT2D eigenvalue weighted by Crippen LogP contribution is -2.39. The standard InChI is InChI=1S/C22H30N4OS/c1-16(2)21(27)26-19-12-10-18(11-13-19)15-25-22(23-4)24-14-17(3)28-20-8-6-5-7-9-20/h5-13,16-17H,14-15H2,1-4H3,(H,26,27)(H2,23,24,25). The number of nitrogens with zero attached hydrogens (tertiary/aromatic N) is 1. The first-order valence-corrected chi connectivity index (χ1v) is 10.4. The van der Waals surface area contributed by atoms with Gasteiger partial charge >= 0.3 is 0 Å². The van der Waals surface area contributed by atoms with Crippen molar-refractivity contribution in [1.29, 1.82) is 0 Å². The van der Waals surface area contributed by atoms with Crippen LogP contribution in [0.1, 0.15) is 26.3 Å². The molecule has 0 aliphatic carbocycles. The number of anilines is 1. The van der Waals surface area contributed by atoms with Crippen LogP contribution in [-0.4, -0.2) is 30.7 Å². The predicted octanol–water partition coefficient (Wildman–Crippen LogP) is 4.13. The summed E-state index contributed by atoms with van der Waals surface area (Å²) in [6.45, 7) is 7.44. The fourth-order valence-corrected chi connectivity index (χ4v) is 3.36. The number of nitrogens with one attached hydrogen (secondary N) is 3. The molecule has 0 fully saturated rings. The molecule has 1 unspecified atom stereocenters. The maximum absolute atomic E-state index is 11.7. The molecule has 2 rings (SSSR count). The Hall–Kier alpha value is -2.47. The molecule has 1 atom stereocenters. The topological polar surface area (TPSA) is 65.5 Å². The normalized spacial score (nSPS) is 12.5. The second-order valence-electron chi connectivity index (χ2n) is 6.89. The van der Waals surface area contributed by atoms with Gasteiger partial charge in [-0.1, -0.05) is 51.1 Å². The van der Waals surface area contributed by atoms with E-state index in [0.29, 0.717) is 11.8 Å². The van der Waals surface area contributed by atoms with Gasteiger partial charge in [0.2, 0.25) is 5.91 Å². The molecule has 0 saturated carbocycles. The minimum atomic E-state index is -0.0295. The summed E-state index contributed by atoms with van der Waals surface area (Å²) in [6, 6.07) is 18.3. The molecule has 3 N–H and O–H groups in total. The third-order valence-corrected chi connectivity index (χ3v) is 5.18. The predicted molar refractivity (Wildman–Crippen MR) is 120 cm³/mol. The Kier molecular flexibility index (Phi) is 8.88. The monoisotopic (exact) mass is 398 g/mol. The molecule has 1 amide bonds. The van der Waals surface area contributed by atoms with E-state index in [-0.39, 0.29) is 11.8 Å². The van der Waals surface area contributed by atoms with Gasteiger partial charge in [-0.3, -0.25) is 9.79 Å². The van der Waals surface area contributed by atoms with Crippen LogP contribution in [0.2, 0.25) is 0 Å². The van der Waals surface area contributed by atoms with Crippen LogP contribution in [0.15, 0.2) is 64.5 Å². The molecule has 0 aliphatic heterocycles. The SMILES string of the molecule is CN=C(NCc1ccc(NC(=O)C(C)C)cc1)NCC(C)Sc1ccccc1. The number of amides is 1. The molecule has 0 spiro atoms. The summed E-state index contributed by atoms with van der Waals surface area (Å²) >= 11 is 1.84. The molecule has 0 saturated heterocycles. The van der Waals surface area contributed by atoms with Gasteiger partial charge in [0.05, 0.1) is 0 Å². The molecule has 5 nitrogen and oxygen atoms in total. The Labute approximate surface area is 172 Å². The number of carbonyl (C=O) groups excluding carboxylic acids is 1. The third kappa shape index (κ3) is 7.64. The molecular weight excluding hydrogens is 368 g/mol. The van der Waals surface area contributed by atoms with Gasteiger partial charge in [-0.2, -0.15) is 0 Å². The molecule has 150 valence electrons. The van der Waals surface area contributed by atoms with Gasteiger partial charge in [-0.15, -0.1) is 11.8 Å². The van der Waals surface area contributed by atoms with Gasteiger partial charge in [0.15, 0.2) is 5.96 Å². The second-order valence-corrected chi connectivity index (χ2v) is 8.40. The van der Waals surface area contributed by atoms with Gasteiger partial charge in [-0.05, 0) is 29.8 Å². The number of hydrogen-bond donors (Lipinski definition) is 3. The Balaban J connectivity index is 1.76. The highest BCUT2D eigenvalue weighted by Crippen LogP contribution is 2.21. The number of guanidine groups is 1. The van der Waals surface area contributed by atoms with E-state index in [0.717, 1.165) is 23.8 Å². The Morgan fingerprint density at radius 1 is 1.00 bits per heavy atom. The lowest BCUT2D eigenvalue weighted by atomic mass is 10.1. The van der Waals surface area contributed by atoms with Crippen molar-refractivity contribution in [2.75, 3.05) is 18.9 Å². The summed E-state index contributed by atoms with van der Waals surface area (Å²) in [5.74, 6) is 0.772. The quantitative estimate of drug-likeness (QED) is 0.355. The first kappa shape index (κ1) is 21.8. The highest BCUT2D eigenvalue weighted by molar-refractivity contribution is 8.00. The fraction of sp³-hybridized carbons (Fsp3) is 0.364. The Morgan fingerprint density at radius 2 is 1.68 bits per heavy atom. The van der Waals surface area contributed by atoms with Crippen LogP contribution in [0.5, 0.6) is 0 Å². The van der Waals surface area contributed by atoms with Crippen molar-refractivity contribution >= 4 is 29.3 Å². The zero-order valence-electron chi connectivity index (χ0n) is 17.0. The van der Waals surface area contributed by atoms with Crippen molar-refractivity contribution in [3.05, 3.63) is 60.2 Å². The van der Waals surface area contributed by atoms with E-state index in [1.54, 1.807) is 7.05 Å². The largest absolute Gasteiger partial charge is 0.355 e. The van der Waals surface area contributed by atoms with Crippen LogP contribution in [0.4, 0.5) is 5.69 Å². The first-order valence-electron chi connectivity index (χ1n) is 9.54. The Bertz CT molecular complexity index is 760. The van der Waals surface area contributed by atoms with E-state index in [4.69, 9.17) is 0 Å². The van der Waals surface area contributed by atoms with Crippen LogP contribution >= 0.6 is 11.8 Å². The van der Waals surface area contributed by atoms with Crippen molar-refractivity contribution in [2.24, 2.45) is 10.9 Å².